The topological polar surface area (TPSA) is 76.5 Å². The third-order valence-electron chi connectivity index (χ3n) is 11.2. The van der Waals surface area contributed by atoms with Gasteiger partial charge in [-0.3, -0.25) is 9.78 Å². The Balaban J connectivity index is 0.000000226. The predicted molar refractivity (Wildman–Crippen MR) is 196 cm³/mol. The minimum Gasteiger partial charge on any atom is -0.512 e. The number of nitrogens with zero attached hydrogens (tertiary/aromatic N) is 1. The zero-order valence-corrected chi connectivity index (χ0v) is 32.2. The van der Waals surface area contributed by atoms with Gasteiger partial charge >= 0.3 is 0 Å². The Hall–Kier alpha value is -3.99. The summed E-state index contributed by atoms with van der Waals surface area (Å²) in [6.07, 6.45) is 4.75. The van der Waals surface area contributed by atoms with Crippen LogP contribution in [0.1, 0.15) is 92.2 Å². The van der Waals surface area contributed by atoms with Gasteiger partial charge in [-0.25, -0.2) is 0 Å². The molecule has 0 saturated heterocycles. The summed E-state index contributed by atoms with van der Waals surface area (Å²) >= 11 is 0. The molecular weight excluding hydrogens is 787 g/mol. The molecule has 3 aromatic heterocycles. The zero-order chi connectivity index (χ0) is 34.4. The number of furan rings is 2. The van der Waals surface area contributed by atoms with Gasteiger partial charge < -0.3 is 13.9 Å². The minimum absolute atomic E-state index is 0. The Morgan fingerprint density at radius 3 is 2.04 bits per heavy atom. The average Bonchev–Trinajstić information content (AvgIpc) is 3.75. The smallest absolute Gasteiger partial charge is 0.218 e. The first-order valence-electron chi connectivity index (χ1n) is 17.2. The van der Waals surface area contributed by atoms with Crippen molar-refractivity contribution in [2.24, 2.45) is 10.8 Å². The van der Waals surface area contributed by atoms with Gasteiger partial charge in [0.25, 0.3) is 0 Å². The van der Waals surface area contributed by atoms with Crippen molar-refractivity contribution < 1.29 is 38.8 Å². The van der Waals surface area contributed by atoms with E-state index in [2.05, 4.69) is 56.3 Å². The number of hydrogen-bond donors (Lipinski definition) is 1. The van der Waals surface area contributed by atoms with Crippen molar-refractivity contribution in [3.8, 4) is 22.6 Å². The van der Waals surface area contributed by atoms with Gasteiger partial charge in [-0.15, -0.1) is 29.3 Å². The summed E-state index contributed by atoms with van der Waals surface area (Å²) in [7, 11) is 0. The van der Waals surface area contributed by atoms with E-state index >= 15 is 0 Å². The molecular formula is C43H46IrNO4-. The van der Waals surface area contributed by atoms with Crippen LogP contribution < -0.4 is 0 Å². The molecule has 0 spiro atoms. The van der Waals surface area contributed by atoms with Crippen LogP contribution >= 0.6 is 0 Å². The molecule has 3 aromatic carbocycles. The predicted octanol–water partition coefficient (Wildman–Crippen LogP) is 12.1. The van der Waals surface area contributed by atoms with Crippen LogP contribution in [0.5, 0.6) is 0 Å². The van der Waals surface area contributed by atoms with Crippen LogP contribution in [-0.4, -0.2) is 15.9 Å². The van der Waals surface area contributed by atoms with Crippen molar-refractivity contribution in [1.29, 1.82) is 0 Å². The molecule has 1 aliphatic rings. The van der Waals surface area contributed by atoms with Crippen LogP contribution in [0.15, 0.2) is 93.5 Å². The van der Waals surface area contributed by atoms with Crippen molar-refractivity contribution >= 4 is 38.8 Å². The first-order chi connectivity index (χ1) is 22.9. The summed E-state index contributed by atoms with van der Waals surface area (Å²) in [5.74, 6) is 1.22. The van der Waals surface area contributed by atoms with Crippen LogP contribution in [0, 0.1) is 16.9 Å². The first kappa shape index (κ1) is 36.3. The number of pyridine rings is 1. The van der Waals surface area contributed by atoms with Crippen molar-refractivity contribution in [3.63, 3.8) is 0 Å². The molecule has 1 aliphatic carbocycles. The van der Waals surface area contributed by atoms with E-state index in [9.17, 15) is 9.90 Å². The van der Waals surface area contributed by atoms with E-state index in [1.807, 2.05) is 77.9 Å². The maximum Gasteiger partial charge on any atom is 0.218 e. The molecule has 6 aromatic rings. The Morgan fingerprint density at radius 1 is 0.816 bits per heavy atom. The number of benzene rings is 3. The summed E-state index contributed by atoms with van der Waals surface area (Å²) in [6.45, 7) is 16.6. The monoisotopic (exact) mass is 833 g/mol. The first-order valence-corrected chi connectivity index (χ1v) is 17.2. The Kier molecular flexibility index (Phi) is 10.2. The summed E-state index contributed by atoms with van der Waals surface area (Å²) in [5, 5.41) is 13.4. The molecule has 0 amide bonds. The van der Waals surface area contributed by atoms with Crippen LogP contribution in [0.3, 0.4) is 0 Å². The number of hydrogen-bond acceptors (Lipinski definition) is 5. The summed E-state index contributed by atoms with van der Waals surface area (Å²) in [5.41, 5.74) is 7.01. The van der Waals surface area contributed by atoms with Gasteiger partial charge in [-0.2, -0.15) is 0 Å². The average molecular weight is 833 g/mol. The second kappa shape index (κ2) is 13.7. The van der Waals surface area contributed by atoms with Gasteiger partial charge in [0.05, 0.1) is 5.76 Å². The summed E-state index contributed by atoms with van der Waals surface area (Å²) < 4.78 is 12.4. The van der Waals surface area contributed by atoms with E-state index in [1.54, 1.807) is 0 Å². The second-order valence-corrected chi connectivity index (χ2v) is 14.1. The molecule has 6 heteroatoms. The van der Waals surface area contributed by atoms with Crippen LogP contribution in [0.25, 0.3) is 55.6 Å². The number of rotatable bonds is 8. The standard InChI is InChI=1S/C28H18NO2.C15H28O2.Ir/c1-28(2)20-11-7-10-18(24(20)26-25(28)19-9-4-6-13-23(19)30-26)21-15-14-17-16-8-3-5-12-22(16)31-27(17)29-21;1-7-14(5,8-2)12(16)11-13(17)15(6,9-3)10-4;/h3-9,11-15H,1-2H3;11,16H,7-10H2,1-6H3;/q-1;;/b;12-11-;. The quantitative estimate of drug-likeness (QED) is 0.0939. The Labute approximate surface area is 303 Å². The van der Waals surface area contributed by atoms with Crippen molar-refractivity contribution in [3.05, 3.63) is 102 Å². The molecule has 3 heterocycles. The van der Waals surface area contributed by atoms with Crippen molar-refractivity contribution in [2.75, 3.05) is 0 Å². The number of ketones is 1. The number of allylic oxidation sites excluding steroid dienone is 2. The van der Waals surface area contributed by atoms with Crippen LogP contribution in [0.4, 0.5) is 0 Å². The molecule has 257 valence electrons. The van der Waals surface area contributed by atoms with E-state index in [0.29, 0.717) is 5.71 Å². The number of carbonyl (C=O) groups is 1. The van der Waals surface area contributed by atoms with Gasteiger partial charge in [0, 0.05) is 64.1 Å². The number of aliphatic hydroxyl groups is 1. The fraction of sp³-hybridized carbons (Fsp3) is 0.349. The Bertz CT molecular complexity index is 2170. The molecule has 5 nitrogen and oxygen atoms in total. The molecule has 1 N–H and O–H groups in total. The van der Waals surface area contributed by atoms with Crippen LogP contribution in [0.2, 0.25) is 0 Å². The molecule has 1 radical (unpaired) electrons. The van der Waals surface area contributed by atoms with Crippen molar-refractivity contribution in [1.82, 2.24) is 4.98 Å². The van der Waals surface area contributed by atoms with E-state index in [0.717, 1.165) is 70.2 Å². The molecule has 0 fully saturated rings. The van der Waals surface area contributed by atoms with Gasteiger partial charge in [0.15, 0.2) is 5.78 Å². The zero-order valence-electron chi connectivity index (χ0n) is 29.8. The molecule has 7 rings (SSSR count). The number of aromatic nitrogens is 1. The molecule has 0 bridgehead atoms. The fourth-order valence-electron chi connectivity index (χ4n) is 6.86. The molecule has 0 aliphatic heterocycles. The number of fused-ring (bicyclic) bond motifs is 8. The van der Waals surface area contributed by atoms with E-state index in [-0.39, 0.29) is 47.9 Å². The SMILES string of the molecule is CC1(C)c2cc[c-]c(-c3ccc4c(n3)oc3ccccc34)c2-c2oc3ccccc3c21.CCC(C)(CC)C(=O)/C=C(\O)C(C)(CC)CC.[Ir]. The molecule has 0 atom stereocenters. The number of para-hydroxylation sites is 2. The Morgan fingerprint density at radius 2 is 1.41 bits per heavy atom. The van der Waals surface area contributed by atoms with E-state index < -0.39 is 0 Å². The van der Waals surface area contributed by atoms with E-state index in [4.69, 9.17) is 13.8 Å². The van der Waals surface area contributed by atoms with Crippen LogP contribution in [-0.2, 0) is 30.3 Å². The van der Waals surface area contributed by atoms with E-state index in [1.165, 1.54) is 22.6 Å². The molecule has 49 heavy (non-hydrogen) atoms. The normalized spacial score (nSPS) is 13.9. The third kappa shape index (κ3) is 6.08. The largest absolute Gasteiger partial charge is 0.512 e. The van der Waals surface area contributed by atoms with Gasteiger partial charge in [-0.1, -0.05) is 109 Å². The van der Waals surface area contributed by atoms with Gasteiger partial charge in [0.1, 0.15) is 16.9 Å². The van der Waals surface area contributed by atoms with Gasteiger partial charge in [-0.05, 0) is 43.5 Å². The molecule has 0 unspecified atom stereocenters. The fourth-order valence-corrected chi connectivity index (χ4v) is 6.86. The minimum atomic E-state index is -0.337. The molecule has 0 saturated carbocycles. The second-order valence-electron chi connectivity index (χ2n) is 14.1. The summed E-state index contributed by atoms with van der Waals surface area (Å²) in [4.78, 5) is 17.1. The maximum atomic E-state index is 12.2. The van der Waals surface area contributed by atoms with Gasteiger partial charge in [0.2, 0.25) is 5.71 Å². The number of aliphatic hydroxyl groups excluding tert-OH is 1. The maximum absolute atomic E-state index is 12.2. The van der Waals surface area contributed by atoms with Crippen molar-refractivity contribution in [2.45, 2.75) is 86.5 Å². The summed E-state index contributed by atoms with van der Waals surface area (Å²) in [6, 6.07) is 28.1. The number of carbonyl (C=O) groups excluding carboxylic acids is 1. The third-order valence-corrected chi connectivity index (χ3v) is 11.2.